The second kappa shape index (κ2) is 13.0. The van der Waals surface area contributed by atoms with Crippen molar-refractivity contribution in [2.45, 2.75) is 20.0 Å². The topological polar surface area (TPSA) is 98.2 Å². The lowest BCUT2D eigenvalue weighted by Crippen LogP contribution is -2.32. The number of benzene rings is 3. The van der Waals surface area contributed by atoms with E-state index in [9.17, 15) is 9.59 Å². The molecular weight excluding hydrogens is 470 g/mol. The molecule has 0 saturated carbocycles. The maximum atomic E-state index is 12.1. The molecule has 0 radical (unpaired) electrons. The first-order chi connectivity index (χ1) is 17.0. The van der Waals surface area contributed by atoms with Crippen LogP contribution >= 0.6 is 11.6 Å². The van der Waals surface area contributed by atoms with Crippen LogP contribution in [-0.2, 0) is 16.2 Å². The van der Waals surface area contributed by atoms with Gasteiger partial charge in [0, 0.05) is 5.69 Å². The molecule has 0 heterocycles. The number of hydrogen-bond acceptors (Lipinski definition) is 6. The molecule has 182 valence electrons. The minimum atomic E-state index is -0.923. The van der Waals surface area contributed by atoms with Gasteiger partial charge in [0.25, 0.3) is 0 Å². The van der Waals surface area contributed by atoms with E-state index in [1.165, 1.54) is 13.3 Å². The molecule has 0 fully saturated rings. The van der Waals surface area contributed by atoms with Gasteiger partial charge in [0.2, 0.25) is 0 Å². The monoisotopic (exact) mass is 495 g/mol. The first kappa shape index (κ1) is 25.6. The van der Waals surface area contributed by atoms with E-state index in [0.29, 0.717) is 46.7 Å². The van der Waals surface area contributed by atoms with Crippen molar-refractivity contribution in [1.29, 1.82) is 0 Å². The van der Waals surface area contributed by atoms with E-state index in [0.717, 1.165) is 12.0 Å². The second-order valence-electron chi connectivity index (χ2n) is 7.33. The summed E-state index contributed by atoms with van der Waals surface area (Å²) in [4.78, 5) is 24.2. The minimum Gasteiger partial charge on any atom is -0.494 e. The summed E-state index contributed by atoms with van der Waals surface area (Å²) in [6, 6.07) is 19.6. The molecule has 2 N–H and O–H groups in total. The Morgan fingerprint density at radius 1 is 1.00 bits per heavy atom. The lowest BCUT2D eigenvalue weighted by atomic mass is 10.2. The molecule has 0 aliphatic heterocycles. The number of carbonyl (C=O) groups excluding carboxylic acids is 2. The van der Waals surface area contributed by atoms with Gasteiger partial charge in [0.1, 0.15) is 12.4 Å². The fourth-order valence-electron chi connectivity index (χ4n) is 2.94. The SMILES string of the molecule is CCCOc1ccc(NC(=O)C(=O)N/N=C\c2cc(Cl)c(OCc3ccccc3)c(OC)c2)cc1. The molecule has 0 aliphatic carbocycles. The quantitative estimate of drug-likeness (QED) is 0.239. The first-order valence-corrected chi connectivity index (χ1v) is 11.3. The Morgan fingerprint density at radius 2 is 1.74 bits per heavy atom. The third-order valence-electron chi connectivity index (χ3n) is 4.65. The number of hydrogen-bond donors (Lipinski definition) is 2. The fourth-order valence-corrected chi connectivity index (χ4v) is 3.22. The molecule has 3 aromatic rings. The molecule has 8 nitrogen and oxygen atoms in total. The number of halogens is 1. The molecular formula is C26H26ClN3O5. The highest BCUT2D eigenvalue weighted by Gasteiger charge is 2.14. The van der Waals surface area contributed by atoms with Crippen LogP contribution in [0.3, 0.4) is 0 Å². The van der Waals surface area contributed by atoms with Crippen LogP contribution in [0.4, 0.5) is 5.69 Å². The highest BCUT2D eigenvalue weighted by Crippen LogP contribution is 2.36. The Kier molecular flexibility index (Phi) is 9.50. The van der Waals surface area contributed by atoms with E-state index in [1.807, 2.05) is 37.3 Å². The fraction of sp³-hybridized carbons (Fsp3) is 0.192. The zero-order chi connectivity index (χ0) is 25.0. The third-order valence-corrected chi connectivity index (χ3v) is 4.93. The van der Waals surface area contributed by atoms with Crippen molar-refractivity contribution >= 4 is 35.3 Å². The molecule has 0 bridgehead atoms. The summed E-state index contributed by atoms with van der Waals surface area (Å²) < 4.78 is 16.7. The van der Waals surface area contributed by atoms with Gasteiger partial charge in [0.15, 0.2) is 11.5 Å². The number of nitrogens with one attached hydrogen (secondary N) is 2. The Morgan fingerprint density at radius 3 is 2.43 bits per heavy atom. The van der Waals surface area contributed by atoms with Crippen LogP contribution in [0.1, 0.15) is 24.5 Å². The molecule has 9 heteroatoms. The predicted molar refractivity (Wildman–Crippen MR) is 135 cm³/mol. The number of nitrogens with zero attached hydrogens (tertiary/aromatic N) is 1. The van der Waals surface area contributed by atoms with Gasteiger partial charge in [-0.3, -0.25) is 9.59 Å². The van der Waals surface area contributed by atoms with Crippen molar-refractivity contribution in [3.63, 3.8) is 0 Å². The average molecular weight is 496 g/mol. The number of hydrazone groups is 1. The molecule has 0 saturated heterocycles. The van der Waals surface area contributed by atoms with E-state index in [2.05, 4.69) is 15.8 Å². The standard InChI is InChI=1S/C26H26ClN3O5/c1-3-13-34-21-11-9-20(10-12-21)29-25(31)26(32)30-28-16-19-14-22(27)24(23(15-19)33-2)35-17-18-7-5-4-6-8-18/h4-12,14-16H,3,13,17H2,1-2H3,(H,29,31)(H,30,32)/b28-16-. The van der Waals surface area contributed by atoms with Crippen LogP contribution in [0.15, 0.2) is 71.8 Å². The van der Waals surface area contributed by atoms with Gasteiger partial charge in [-0.2, -0.15) is 5.10 Å². The molecule has 35 heavy (non-hydrogen) atoms. The Labute approximate surface area is 208 Å². The Bertz CT molecular complexity index is 1170. The summed E-state index contributed by atoms with van der Waals surface area (Å²) in [6.07, 6.45) is 2.24. The molecule has 2 amide bonds. The van der Waals surface area contributed by atoms with Crippen LogP contribution in [0.5, 0.6) is 17.2 Å². The van der Waals surface area contributed by atoms with Crippen LogP contribution in [-0.4, -0.2) is 31.7 Å². The maximum Gasteiger partial charge on any atom is 0.329 e. The lowest BCUT2D eigenvalue weighted by molar-refractivity contribution is -0.136. The number of carbonyl (C=O) groups is 2. The summed E-state index contributed by atoms with van der Waals surface area (Å²) in [7, 11) is 1.50. The molecule has 0 spiro atoms. The van der Waals surface area contributed by atoms with Gasteiger partial charge in [-0.1, -0.05) is 48.9 Å². The lowest BCUT2D eigenvalue weighted by Gasteiger charge is -2.13. The molecule has 0 aliphatic rings. The Hall–Kier alpha value is -4.04. The van der Waals surface area contributed by atoms with Gasteiger partial charge in [-0.25, -0.2) is 5.43 Å². The number of rotatable bonds is 10. The van der Waals surface area contributed by atoms with Crippen LogP contribution in [0.2, 0.25) is 5.02 Å². The molecule has 0 aromatic heterocycles. The maximum absolute atomic E-state index is 12.1. The summed E-state index contributed by atoms with van der Waals surface area (Å²) in [6.45, 7) is 2.94. The van der Waals surface area contributed by atoms with E-state index >= 15 is 0 Å². The molecule has 0 unspecified atom stereocenters. The second-order valence-corrected chi connectivity index (χ2v) is 7.74. The molecule has 3 aromatic carbocycles. The normalized spacial score (nSPS) is 10.6. The zero-order valence-electron chi connectivity index (χ0n) is 19.4. The minimum absolute atomic E-state index is 0.317. The van der Waals surface area contributed by atoms with Crippen LogP contribution < -0.4 is 25.0 Å². The number of methoxy groups -OCH3 is 1. The van der Waals surface area contributed by atoms with E-state index < -0.39 is 11.8 Å². The summed E-state index contributed by atoms with van der Waals surface area (Å²) >= 11 is 6.37. The first-order valence-electron chi connectivity index (χ1n) is 10.9. The highest BCUT2D eigenvalue weighted by molar-refractivity contribution is 6.39. The third kappa shape index (κ3) is 7.75. The van der Waals surface area contributed by atoms with Crippen LogP contribution in [0, 0.1) is 0 Å². The van der Waals surface area contributed by atoms with Crippen molar-refractivity contribution in [2.24, 2.45) is 5.10 Å². The largest absolute Gasteiger partial charge is 0.494 e. The van der Waals surface area contributed by atoms with Crippen molar-refractivity contribution in [3.8, 4) is 17.2 Å². The number of amides is 2. The van der Waals surface area contributed by atoms with Crippen molar-refractivity contribution in [3.05, 3.63) is 82.9 Å². The van der Waals surface area contributed by atoms with Gasteiger partial charge in [0.05, 0.1) is 25.0 Å². The van der Waals surface area contributed by atoms with Crippen molar-refractivity contribution in [1.82, 2.24) is 5.43 Å². The summed E-state index contributed by atoms with van der Waals surface area (Å²) in [5.41, 5.74) is 4.17. The van der Waals surface area contributed by atoms with Crippen LogP contribution in [0.25, 0.3) is 0 Å². The highest BCUT2D eigenvalue weighted by atomic mass is 35.5. The Balaban J connectivity index is 1.56. The van der Waals surface area contributed by atoms with Crippen molar-refractivity contribution < 1.29 is 23.8 Å². The summed E-state index contributed by atoms with van der Waals surface area (Å²) in [5, 5.41) is 6.65. The smallest absolute Gasteiger partial charge is 0.329 e. The number of anilines is 1. The van der Waals surface area contributed by atoms with E-state index in [-0.39, 0.29) is 0 Å². The van der Waals surface area contributed by atoms with Gasteiger partial charge >= 0.3 is 11.8 Å². The van der Waals surface area contributed by atoms with Crippen molar-refractivity contribution in [2.75, 3.05) is 19.0 Å². The predicted octanol–water partition coefficient (Wildman–Crippen LogP) is 4.81. The molecule has 0 atom stereocenters. The van der Waals surface area contributed by atoms with E-state index in [4.69, 9.17) is 25.8 Å². The zero-order valence-corrected chi connectivity index (χ0v) is 20.2. The summed E-state index contributed by atoms with van der Waals surface area (Å²) in [5.74, 6) is -0.294. The van der Waals surface area contributed by atoms with Gasteiger partial charge in [-0.05, 0) is 53.9 Å². The average Bonchev–Trinajstić information content (AvgIpc) is 2.87. The molecule has 3 rings (SSSR count). The van der Waals surface area contributed by atoms with Gasteiger partial charge < -0.3 is 19.5 Å². The van der Waals surface area contributed by atoms with E-state index in [1.54, 1.807) is 36.4 Å². The van der Waals surface area contributed by atoms with Gasteiger partial charge in [-0.15, -0.1) is 0 Å². The number of ether oxygens (including phenoxy) is 3.